The SMILES string of the molecule is CCOC1=CC=NCN1/N=C(/c1ccccc1Cl)C(C)C. The Kier molecular flexibility index (Phi) is 5.39. The van der Waals surface area contributed by atoms with Gasteiger partial charge < -0.3 is 4.74 Å². The van der Waals surface area contributed by atoms with E-state index in [0.717, 1.165) is 11.3 Å². The molecule has 4 nitrogen and oxygen atoms in total. The molecule has 0 N–H and O–H groups in total. The van der Waals surface area contributed by atoms with Gasteiger partial charge in [-0.2, -0.15) is 5.10 Å². The van der Waals surface area contributed by atoms with Crippen LogP contribution < -0.4 is 0 Å². The van der Waals surface area contributed by atoms with Gasteiger partial charge in [-0.3, -0.25) is 4.99 Å². The van der Waals surface area contributed by atoms with Crippen LogP contribution in [0.3, 0.4) is 0 Å². The predicted octanol–water partition coefficient (Wildman–Crippen LogP) is 3.92. The second-order valence-electron chi connectivity index (χ2n) is 4.93. The van der Waals surface area contributed by atoms with E-state index in [9.17, 15) is 0 Å². The minimum Gasteiger partial charge on any atom is -0.478 e. The van der Waals surface area contributed by atoms with E-state index in [1.807, 2.05) is 37.3 Å². The number of hydrogen-bond donors (Lipinski definition) is 0. The molecule has 0 atom stereocenters. The molecule has 1 aliphatic rings. The molecule has 0 amide bonds. The Labute approximate surface area is 130 Å². The van der Waals surface area contributed by atoms with E-state index < -0.39 is 0 Å². The van der Waals surface area contributed by atoms with Crippen LogP contribution in [0, 0.1) is 5.92 Å². The van der Waals surface area contributed by atoms with Crippen molar-refractivity contribution in [3.63, 3.8) is 0 Å². The van der Waals surface area contributed by atoms with E-state index in [1.54, 1.807) is 11.2 Å². The number of rotatable bonds is 5. The van der Waals surface area contributed by atoms with Crippen molar-refractivity contribution in [3.8, 4) is 0 Å². The number of halogens is 1. The van der Waals surface area contributed by atoms with Crippen LogP contribution in [-0.4, -0.2) is 30.2 Å². The van der Waals surface area contributed by atoms with Gasteiger partial charge in [-0.25, -0.2) is 5.01 Å². The summed E-state index contributed by atoms with van der Waals surface area (Å²) in [5.41, 5.74) is 1.86. The summed E-state index contributed by atoms with van der Waals surface area (Å²) < 4.78 is 5.60. The number of hydrazone groups is 1. The maximum absolute atomic E-state index is 6.30. The zero-order valence-electron chi connectivity index (χ0n) is 12.6. The minimum atomic E-state index is 0.235. The van der Waals surface area contributed by atoms with E-state index in [2.05, 4.69) is 18.8 Å². The highest BCUT2D eigenvalue weighted by Gasteiger charge is 2.17. The molecule has 1 aliphatic heterocycles. The number of ether oxygens (including phenoxy) is 1. The first kappa shape index (κ1) is 15.6. The van der Waals surface area contributed by atoms with Crippen LogP contribution >= 0.6 is 11.6 Å². The lowest BCUT2D eigenvalue weighted by atomic mass is 10.0. The number of hydrogen-bond acceptors (Lipinski definition) is 4. The Balaban J connectivity index is 2.36. The normalized spacial score (nSPS) is 15.4. The molecule has 2 rings (SSSR count). The second kappa shape index (κ2) is 7.27. The number of allylic oxidation sites excluding steroid dienone is 1. The van der Waals surface area contributed by atoms with Gasteiger partial charge >= 0.3 is 0 Å². The molecule has 0 radical (unpaired) electrons. The topological polar surface area (TPSA) is 37.2 Å². The molecule has 0 fully saturated rings. The van der Waals surface area contributed by atoms with Crippen molar-refractivity contribution < 1.29 is 4.74 Å². The summed E-state index contributed by atoms with van der Waals surface area (Å²) in [6.45, 7) is 7.19. The van der Waals surface area contributed by atoms with E-state index >= 15 is 0 Å². The van der Waals surface area contributed by atoms with Crippen molar-refractivity contribution in [2.24, 2.45) is 16.0 Å². The quantitative estimate of drug-likeness (QED) is 0.773. The Morgan fingerprint density at radius 1 is 1.43 bits per heavy atom. The third-order valence-corrected chi connectivity index (χ3v) is 3.34. The number of benzene rings is 1. The highest BCUT2D eigenvalue weighted by Crippen LogP contribution is 2.21. The van der Waals surface area contributed by atoms with Crippen molar-refractivity contribution in [3.05, 3.63) is 46.8 Å². The number of nitrogens with zero attached hydrogens (tertiary/aromatic N) is 3. The van der Waals surface area contributed by atoms with Gasteiger partial charge in [-0.15, -0.1) is 0 Å². The third kappa shape index (κ3) is 3.85. The van der Waals surface area contributed by atoms with E-state index in [4.69, 9.17) is 21.4 Å². The maximum Gasteiger partial charge on any atom is 0.213 e. The number of aliphatic imine (C=N–C) groups is 1. The van der Waals surface area contributed by atoms with Crippen LogP contribution in [0.5, 0.6) is 0 Å². The average Bonchev–Trinajstić information content (AvgIpc) is 2.47. The van der Waals surface area contributed by atoms with Gasteiger partial charge in [0.05, 0.1) is 12.3 Å². The standard InChI is InChI=1S/C16H20ClN3O/c1-4-21-15-9-10-18-11-20(15)19-16(12(2)3)13-7-5-6-8-14(13)17/h5-10,12H,4,11H2,1-3H3/b19-16+. The van der Waals surface area contributed by atoms with Crippen molar-refractivity contribution in [2.75, 3.05) is 13.3 Å². The first-order valence-electron chi connectivity index (χ1n) is 7.07. The second-order valence-corrected chi connectivity index (χ2v) is 5.34. The Morgan fingerprint density at radius 3 is 2.86 bits per heavy atom. The molecule has 0 unspecified atom stereocenters. The fourth-order valence-electron chi connectivity index (χ4n) is 2.03. The van der Waals surface area contributed by atoms with Gasteiger partial charge in [0.1, 0.15) is 6.67 Å². The lowest BCUT2D eigenvalue weighted by Gasteiger charge is -2.24. The van der Waals surface area contributed by atoms with Gasteiger partial charge in [-0.05, 0) is 18.9 Å². The Hall–Kier alpha value is -1.81. The zero-order valence-corrected chi connectivity index (χ0v) is 13.3. The molecule has 0 spiro atoms. The van der Waals surface area contributed by atoms with Crippen molar-refractivity contribution in [2.45, 2.75) is 20.8 Å². The first-order valence-corrected chi connectivity index (χ1v) is 7.45. The minimum absolute atomic E-state index is 0.235. The summed E-state index contributed by atoms with van der Waals surface area (Å²) in [7, 11) is 0. The van der Waals surface area contributed by atoms with E-state index in [-0.39, 0.29) is 5.92 Å². The van der Waals surface area contributed by atoms with Gasteiger partial charge in [-0.1, -0.05) is 43.6 Å². The predicted molar refractivity (Wildman–Crippen MR) is 87.7 cm³/mol. The van der Waals surface area contributed by atoms with Crippen LogP contribution in [0.2, 0.25) is 5.02 Å². The Morgan fingerprint density at radius 2 is 2.19 bits per heavy atom. The molecule has 0 saturated heterocycles. The van der Waals surface area contributed by atoms with Crippen molar-refractivity contribution in [1.82, 2.24) is 5.01 Å². The largest absolute Gasteiger partial charge is 0.478 e. The van der Waals surface area contributed by atoms with E-state index in [0.29, 0.717) is 24.2 Å². The lowest BCUT2D eigenvalue weighted by molar-refractivity contribution is 0.124. The van der Waals surface area contributed by atoms with Gasteiger partial charge in [0, 0.05) is 22.9 Å². The maximum atomic E-state index is 6.30. The van der Waals surface area contributed by atoms with Crippen LogP contribution in [0.25, 0.3) is 0 Å². The van der Waals surface area contributed by atoms with Crippen molar-refractivity contribution in [1.29, 1.82) is 0 Å². The highest BCUT2D eigenvalue weighted by molar-refractivity contribution is 6.34. The molecule has 0 aromatic heterocycles. The highest BCUT2D eigenvalue weighted by atomic mass is 35.5. The van der Waals surface area contributed by atoms with Crippen molar-refractivity contribution >= 4 is 23.5 Å². The molecule has 0 aliphatic carbocycles. The molecule has 1 aromatic carbocycles. The van der Waals surface area contributed by atoms with Gasteiger partial charge in [0.15, 0.2) is 0 Å². The molecular formula is C16H20ClN3O. The fraction of sp³-hybridized carbons (Fsp3) is 0.375. The van der Waals surface area contributed by atoms with E-state index in [1.165, 1.54) is 0 Å². The fourth-order valence-corrected chi connectivity index (χ4v) is 2.26. The van der Waals surface area contributed by atoms with Gasteiger partial charge in [0.2, 0.25) is 5.88 Å². The Bertz CT molecular complexity index is 579. The van der Waals surface area contributed by atoms with Crippen LogP contribution in [0.4, 0.5) is 0 Å². The summed E-state index contributed by atoms with van der Waals surface area (Å²) in [6.07, 6.45) is 3.56. The lowest BCUT2D eigenvalue weighted by Crippen LogP contribution is -2.25. The molecule has 1 aromatic rings. The molecule has 21 heavy (non-hydrogen) atoms. The summed E-state index contributed by atoms with van der Waals surface area (Å²) in [6, 6.07) is 7.74. The van der Waals surface area contributed by atoms with Gasteiger partial charge in [0.25, 0.3) is 0 Å². The van der Waals surface area contributed by atoms with Crippen LogP contribution in [-0.2, 0) is 4.74 Å². The molecule has 0 saturated carbocycles. The molecule has 1 heterocycles. The molecule has 5 heteroatoms. The van der Waals surface area contributed by atoms with Crippen LogP contribution in [0.15, 0.2) is 46.3 Å². The third-order valence-electron chi connectivity index (χ3n) is 3.01. The smallest absolute Gasteiger partial charge is 0.213 e. The monoisotopic (exact) mass is 305 g/mol. The summed E-state index contributed by atoms with van der Waals surface area (Å²) in [5, 5.41) is 7.19. The summed E-state index contributed by atoms with van der Waals surface area (Å²) in [5.74, 6) is 0.941. The molecule has 0 bridgehead atoms. The average molecular weight is 306 g/mol. The molecule has 112 valence electrons. The first-order chi connectivity index (χ1) is 10.1. The van der Waals surface area contributed by atoms with Crippen LogP contribution in [0.1, 0.15) is 26.3 Å². The summed E-state index contributed by atoms with van der Waals surface area (Å²) in [4.78, 5) is 4.22. The summed E-state index contributed by atoms with van der Waals surface area (Å²) >= 11 is 6.30. The zero-order chi connectivity index (χ0) is 15.2. The molecular weight excluding hydrogens is 286 g/mol.